The molecule has 1 aromatic rings. The number of nitro benzene ring substituents is 1. The van der Waals surface area contributed by atoms with Gasteiger partial charge in [0.2, 0.25) is 0 Å². The molecule has 0 aliphatic heterocycles. The summed E-state index contributed by atoms with van der Waals surface area (Å²) < 4.78 is 0. The Bertz CT molecular complexity index is 448. The Balaban J connectivity index is 2.13. The van der Waals surface area contributed by atoms with Crippen LogP contribution in [-0.4, -0.2) is 30.6 Å². The van der Waals surface area contributed by atoms with Crippen molar-refractivity contribution in [2.24, 2.45) is 0 Å². The van der Waals surface area contributed by atoms with Gasteiger partial charge in [-0.05, 0) is 18.6 Å². The Morgan fingerprint density at radius 1 is 1.10 bits per heavy atom. The molecule has 0 fully saturated rings. The lowest BCUT2D eigenvalue weighted by Gasteiger charge is -2.09. The van der Waals surface area contributed by atoms with Gasteiger partial charge in [0.1, 0.15) is 0 Å². The zero-order valence-corrected chi connectivity index (χ0v) is 12.2. The topological polar surface area (TPSA) is 96.3 Å². The smallest absolute Gasteiger partial charge is 0.314 e. The summed E-state index contributed by atoms with van der Waals surface area (Å²) in [5, 5.41) is 19.1. The van der Waals surface area contributed by atoms with E-state index in [-0.39, 0.29) is 11.7 Å². The second-order valence-electron chi connectivity index (χ2n) is 4.62. The molecule has 2 amide bonds. The molecule has 3 N–H and O–H groups in total. The molecule has 0 radical (unpaired) electrons. The third-order valence-corrected chi connectivity index (χ3v) is 2.88. The average molecular weight is 294 g/mol. The molecular formula is C14H22N4O3. The summed E-state index contributed by atoms with van der Waals surface area (Å²) in [6.07, 6.45) is 3.23. The van der Waals surface area contributed by atoms with Crippen LogP contribution < -0.4 is 16.0 Å². The quantitative estimate of drug-likeness (QED) is 0.370. The first-order valence-corrected chi connectivity index (χ1v) is 7.13. The first-order chi connectivity index (χ1) is 10.1. The van der Waals surface area contributed by atoms with Crippen molar-refractivity contribution in [2.45, 2.75) is 26.2 Å². The SMILES string of the molecule is CCCCCNC(=O)NCCNc1ccc([N+](=O)[O-])cc1. The Morgan fingerprint density at radius 3 is 2.38 bits per heavy atom. The maximum Gasteiger partial charge on any atom is 0.314 e. The van der Waals surface area contributed by atoms with Crippen LogP contribution in [0.3, 0.4) is 0 Å². The van der Waals surface area contributed by atoms with Crippen LogP contribution in [0.2, 0.25) is 0 Å². The number of non-ortho nitro benzene ring substituents is 1. The maximum absolute atomic E-state index is 11.4. The van der Waals surface area contributed by atoms with Crippen LogP contribution in [0.15, 0.2) is 24.3 Å². The number of benzene rings is 1. The van der Waals surface area contributed by atoms with Crippen molar-refractivity contribution in [2.75, 3.05) is 25.0 Å². The van der Waals surface area contributed by atoms with Gasteiger partial charge in [0.25, 0.3) is 5.69 Å². The number of hydrogen-bond donors (Lipinski definition) is 3. The highest BCUT2D eigenvalue weighted by atomic mass is 16.6. The predicted octanol–water partition coefficient (Wildman–Crippen LogP) is 2.50. The Morgan fingerprint density at radius 2 is 1.76 bits per heavy atom. The van der Waals surface area contributed by atoms with Crippen molar-refractivity contribution in [1.82, 2.24) is 10.6 Å². The lowest BCUT2D eigenvalue weighted by Crippen LogP contribution is -2.38. The summed E-state index contributed by atoms with van der Waals surface area (Å²) in [5.41, 5.74) is 0.843. The fourth-order valence-electron chi connectivity index (χ4n) is 1.72. The first-order valence-electron chi connectivity index (χ1n) is 7.13. The van der Waals surface area contributed by atoms with Gasteiger partial charge in [0, 0.05) is 37.5 Å². The van der Waals surface area contributed by atoms with Crippen LogP contribution in [0, 0.1) is 10.1 Å². The molecule has 7 nitrogen and oxygen atoms in total. The number of rotatable bonds is 9. The number of carbonyl (C=O) groups is 1. The summed E-state index contributed by atoms with van der Waals surface area (Å²) in [4.78, 5) is 21.5. The molecule has 1 aromatic carbocycles. The van der Waals surface area contributed by atoms with Crippen molar-refractivity contribution in [3.05, 3.63) is 34.4 Å². The summed E-state index contributed by atoms with van der Waals surface area (Å²) >= 11 is 0. The van der Waals surface area contributed by atoms with Crippen molar-refractivity contribution in [1.29, 1.82) is 0 Å². The van der Waals surface area contributed by atoms with E-state index in [4.69, 9.17) is 0 Å². The van der Waals surface area contributed by atoms with Gasteiger partial charge < -0.3 is 16.0 Å². The van der Waals surface area contributed by atoms with E-state index in [9.17, 15) is 14.9 Å². The molecule has 0 aliphatic rings. The second-order valence-corrected chi connectivity index (χ2v) is 4.62. The van der Waals surface area contributed by atoms with Crippen molar-refractivity contribution < 1.29 is 9.72 Å². The highest BCUT2D eigenvalue weighted by molar-refractivity contribution is 5.73. The highest BCUT2D eigenvalue weighted by Crippen LogP contribution is 2.14. The van der Waals surface area contributed by atoms with E-state index < -0.39 is 4.92 Å². The number of amides is 2. The van der Waals surface area contributed by atoms with E-state index in [0.717, 1.165) is 24.9 Å². The van der Waals surface area contributed by atoms with Gasteiger partial charge in [-0.3, -0.25) is 10.1 Å². The number of carbonyl (C=O) groups excluding carboxylic acids is 1. The summed E-state index contributed by atoms with van der Waals surface area (Å²) in [6.45, 7) is 3.84. The Labute approximate surface area is 124 Å². The molecule has 0 heterocycles. The van der Waals surface area contributed by atoms with Crippen molar-refractivity contribution in [3.63, 3.8) is 0 Å². The van der Waals surface area contributed by atoms with Gasteiger partial charge in [0.05, 0.1) is 4.92 Å². The van der Waals surface area contributed by atoms with Crippen LogP contribution >= 0.6 is 0 Å². The molecular weight excluding hydrogens is 272 g/mol. The normalized spacial score (nSPS) is 9.95. The van der Waals surface area contributed by atoms with Gasteiger partial charge in [-0.15, -0.1) is 0 Å². The molecule has 0 spiro atoms. The van der Waals surface area contributed by atoms with Crippen molar-refractivity contribution >= 4 is 17.4 Å². The molecule has 0 atom stereocenters. The molecule has 1 rings (SSSR count). The van der Waals surface area contributed by atoms with E-state index in [1.807, 2.05) is 0 Å². The summed E-state index contributed by atoms with van der Waals surface area (Å²) in [5.74, 6) is 0. The summed E-state index contributed by atoms with van der Waals surface area (Å²) in [7, 11) is 0. The van der Waals surface area contributed by atoms with Gasteiger partial charge in [-0.1, -0.05) is 19.8 Å². The van der Waals surface area contributed by atoms with Crippen LogP contribution in [0.4, 0.5) is 16.2 Å². The third-order valence-electron chi connectivity index (χ3n) is 2.88. The lowest BCUT2D eigenvalue weighted by molar-refractivity contribution is -0.384. The molecule has 0 bridgehead atoms. The number of nitrogens with one attached hydrogen (secondary N) is 3. The predicted molar refractivity (Wildman–Crippen MR) is 82.5 cm³/mol. The Hall–Kier alpha value is -2.31. The zero-order valence-electron chi connectivity index (χ0n) is 12.2. The van der Waals surface area contributed by atoms with Crippen LogP contribution in [-0.2, 0) is 0 Å². The van der Waals surface area contributed by atoms with Crippen LogP contribution in [0.1, 0.15) is 26.2 Å². The van der Waals surface area contributed by atoms with E-state index in [2.05, 4.69) is 22.9 Å². The second kappa shape index (κ2) is 9.57. The maximum atomic E-state index is 11.4. The molecule has 0 aromatic heterocycles. The third kappa shape index (κ3) is 7.14. The van der Waals surface area contributed by atoms with E-state index in [1.54, 1.807) is 12.1 Å². The Kier molecular flexibility index (Phi) is 7.63. The van der Waals surface area contributed by atoms with Gasteiger partial charge in [-0.25, -0.2) is 4.79 Å². The number of nitro groups is 1. The molecule has 0 unspecified atom stereocenters. The van der Waals surface area contributed by atoms with Crippen molar-refractivity contribution in [3.8, 4) is 0 Å². The molecule has 116 valence electrons. The minimum absolute atomic E-state index is 0.0603. The fraction of sp³-hybridized carbons (Fsp3) is 0.500. The average Bonchev–Trinajstić information content (AvgIpc) is 2.48. The van der Waals surface area contributed by atoms with Gasteiger partial charge >= 0.3 is 6.03 Å². The minimum atomic E-state index is -0.436. The van der Waals surface area contributed by atoms with E-state index in [1.165, 1.54) is 12.1 Å². The number of hydrogen-bond acceptors (Lipinski definition) is 4. The molecule has 0 saturated heterocycles. The van der Waals surface area contributed by atoms with Crippen LogP contribution in [0.25, 0.3) is 0 Å². The molecule has 0 aliphatic carbocycles. The number of nitrogens with zero attached hydrogens (tertiary/aromatic N) is 1. The minimum Gasteiger partial charge on any atom is -0.383 e. The summed E-state index contributed by atoms with van der Waals surface area (Å²) in [6, 6.07) is 6.00. The standard InChI is InChI=1S/C14H22N4O3/c1-2-3-4-9-16-14(19)17-11-10-15-12-5-7-13(8-6-12)18(20)21/h5-8,15H,2-4,9-11H2,1H3,(H2,16,17,19). The molecule has 21 heavy (non-hydrogen) atoms. The fourth-order valence-corrected chi connectivity index (χ4v) is 1.72. The van der Waals surface area contributed by atoms with E-state index >= 15 is 0 Å². The monoisotopic (exact) mass is 294 g/mol. The molecule has 7 heteroatoms. The largest absolute Gasteiger partial charge is 0.383 e. The zero-order chi connectivity index (χ0) is 15.5. The lowest BCUT2D eigenvalue weighted by atomic mass is 10.2. The first kappa shape index (κ1) is 16.7. The molecule has 0 saturated carbocycles. The van der Waals surface area contributed by atoms with Crippen LogP contribution in [0.5, 0.6) is 0 Å². The highest BCUT2D eigenvalue weighted by Gasteiger charge is 2.03. The van der Waals surface area contributed by atoms with Gasteiger partial charge in [0.15, 0.2) is 0 Å². The number of unbranched alkanes of at least 4 members (excludes halogenated alkanes) is 2. The van der Waals surface area contributed by atoms with Gasteiger partial charge in [-0.2, -0.15) is 0 Å². The van der Waals surface area contributed by atoms with E-state index in [0.29, 0.717) is 19.6 Å². The number of urea groups is 1. The number of anilines is 1.